The minimum atomic E-state index is -0.603. The Morgan fingerprint density at radius 3 is 2.74 bits per heavy atom. The number of aromatic amines is 1. The van der Waals surface area contributed by atoms with E-state index in [4.69, 9.17) is 4.74 Å². The maximum Gasteiger partial charge on any atom is 0.340 e. The summed E-state index contributed by atoms with van der Waals surface area (Å²) in [4.78, 5) is 15.5. The fourth-order valence-electron chi connectivity index (χ4n) is 2.97. The summed E-state index contributed by atoms with van der Waals surface area (Å²) >= 11 is 0. The lowest BCUT2D eigenvalue weighted by atomic mass is 9.94. The SMILES string of the molecule is CCOC(=O)c1c(C#N)c(CC)c(F)c2[nH]c3ccccc3c12. The number of para-hydroxylation sites is 1. The highest BCUT2D eigenvalue weighted by Gasteiger charge is 2.26. The zero-order valence-corrected chi connectivity index (χ0v) is 12.9. The van der Waals surface area contributed by atoms with E-state index in [1.165, 1.54) is 0 Å². The second kappa shape index (κ2) is 5.73. The number of nitriles is 1. The van der Waals surface area contributed by atoms with Gasteiger partial charge in [-0.05, 0) is 19.4 Å². The van der Waals surface area contributed by atoms with E-state index in [1.807, 2.05) is 18.2 Å². The van der Waals surface area contributed by atoms with Crippen molar-refractivity contribution in [2.24, 2.45) is 0 Å². The number of ether oxygens (including phenoxy) is 1. The fourth-order valence-corrected chi connectivity index (χ4v) is 2.97. The molecule has 1 aromatic heterocycles. The highest BCUT2D eigenvalue weighted by Crippen LogP contribution is 2.35. The lowest BCUT2D eigenvalue weighted by molar-refractivity contribution is 0.0528. The zero-order chi connectivity index (χ0) is 16.6. The first-order valence-corrected chi connectivity index (χ1v) is 7.45. The number of aromatic nitrogens is 1. The summed E-state index contributed by atoms with van der Waals surface area (Å²) in [5, 5.41) is 10.6. The van der Waals surface area contributed by atoms with Gasteiger partial charge in [0.1, 0.15) is 6.07 Å². The Balaban J connectivity index is 2.57. The molecule has 0 radical (unpaired) electrons. The summed E-state index contributed by atoms with van der Waals surface area (Å²) < 4.78 is 20.0. The van der Waals surface area contributed by atoms with Crippen LogP contribution in [-0.4, -0.2) is 17.6 Å². The van der Waals surface area contributed by atoms with Gasteiger partial charge in [0.05, 0.1) is 23.3 Å². The monoisotopic (exact) mass is 310 g/mol. The van der Waals surface area contributed by atoms with Crippen molar-refractivity contribution in [1.29, 1.82) is 5.26 Å². The lowest BCUT2D eigenvalue weighted by Crippen LogP contribution is -2.11. The topological polar surface area (TPSA) is 65.9 Å². The maximum absolute atomic E-state index is 14.9. The van der Waals surface area contributed by atoms with Gasteiger partial charge < -0.3 is 9.72 Å². The molecule has 0 aliphatic carbocycles. The summed E-state index contributed by atoms with van der Waals surface area (Å²) in [6.07, 6.45) is 0.312. The average molecular weight is 310 g/mol. The first kappa shape index (κ1) is 15.0. The maximum atomic E-state index is 14.9. The molecule has 23 heavy (non-hydrogen) atoms. The number of hydrogen-bond acceptors (Lipinski definition) is 3. The number of hydrogen-bond donors (Lipinski definition) is 1. The van der Waals surface area contributed by atoms with Crippen molar-refractivity contribution in [2.45, 2.75) is 20.3 Å². The first-order chi connectivity index (χ1) is 11.1. The van der Waals surface area contributed by atoms with E-state index in [9.17, 15) is 14.4 Å². The second-order valence-corrected chi connectivity index (χ2v) is 5.15. The molecule has 0 aliphatic heterocycles. The highest BCUT2D eigenvalue weighted by atomic mass is 19.1. The van der Waals surface area contributed by atoms with Gasteiger partial charge in [-0.1, -0.05) is 25.1 Å². The van der Waals surface area contributed by atoms with Gasteiger partial charge in [-0.2, -0.15) is 5.26 Å². The molecule has 5 heteroatoms. The summed E-state index contributed by atoms with van der Waals surface area (Å²) in [7, 11) is 0. The smallest absolute Gasteiger partial charge is 0.340 e. The van der Waals surface area contributed by atoms with Gasteiger partial charge in [0, 0.05) is 21.9 Å². The van der Waals surface area contributed by atoms with E-state index in [0.29, 0.717) is 22.7 Å². The van der Waals surface area contributed by atoms with Crippen LogP contribution in [0.5, 0.6) is 0 Å². The predicted octanol–water partition coefficient (Wildman–Crippen LogP) is 4.07. The quantitative estimate of drug-likeness (QED) is 0.742. The van der Waals surface area contributed by atoms with Crippen LogP contribution in [0.3, 0.4) is 0 Å². The Morgan fingerprint density at radius 1 is 1.35 bits per heavy atom. The molecule has 0 saturated heterocycles. The minimum Gasteiger partial charge on any atom is -0.462 e. The van der Waals surface area contributed by atoms with Gasteiger partial charge in [-0.3, -0.25) is 0 Å². The highest BCUT2D eigenvalue weighted by molar-refractivity contribution is 6.18. The predicted molar refractivity (Wildman–Crippen MR) is 85.8 cm³/mol. The molecule has 1 N–H and O–H groups in total. The number of carbonyl (C=O) groups is 1. The van der Waals surface area contributed by atoms with Gasteiger partial charge in [0.15, 0.2) is 5.82 Å². The molecule has 2 aromatic carbocycles. The van der Waals surface area contributed by atoms with E-state index in [2.05, 4.69) is 4.98 Å². The molecule has 0 saturated carbocycles. The Bertz CT molecular complexity index is 967. The Morgan fingerprint density at radius 2 is 2.09 bits per heavy atom. The van der Waals surface area contributed by atoms with Crippen molar-refractivity contribution in [1.82, 2.24) is 4.98 Å². The van der Waals surface area contributed by atoms with E-state index in [-0.39, 0.29) is 28.8 Å². The molecule has 0 spiro atoms. The van der Waals surface area contributed by atoms with E-state index in [0.717, 1.165) is 0 Å². The molecular weight excluding hydrogens is 295 g/mol. The molecule has 0 amide bonds. The van der Waals surface area contributed by atoms with Gasteiger partial charge in [-0.25, -0.2) is 9.18 Å². The van der Waals surface area contributed by atoms with Crippen LogP contribution in [-0.2, 0) is 11.2 Å². The van der Waals surface area contributed by atoms with Gasteiger partial charge >= 0.3 is 5.97 Å². The van der Waals surface area contributed by atoms with Crippen molar-refractivity contribution in [3.8, 4) is 6.07 Å². The van der Waals surface area contributed by atoms with Crippen LogP contribution in [0.4, 0.5) is 4.39 Å². The number of esters is 1. The molecule has 0 unspecified atom stereocenters. The van der Waals surface area contributed by atoms with Crippen LogP contribution in [0.15, 0.2) is 24.3 Å². The van der Waals surface area contributed by atoms with Crippen molar-refractivity contribution in [3.05, 3.63) is 46.8 Å². The summed E-state index contributed by atoms with van der Waals surface area (Å²) in [6, 6.07) is 9.22. The number of nitrogens with zero attached hydrogens (tertiary/aromatic N) is 1. The molecule has 1 heterocycles. The van der Waals surface area contributed by atoms with E-state index in [1.54, 1.807) is 26.0 Å². The van der Waals surface area contributed by atoms with Gasteiger partial charge in [0.25, 0.3) is 0 Å². The Labute approximate surface area is 132 Å². The van der Waals surface area contributed by atoms with Gasteiger partial charge in [-0.15, -0.1) is 0 Å². The average Bonchev–Trinajstić information content (AvgIpc) is 2.94. The zero-order valence-electron chi connectivity index (χ0n) is 12.9. The molecular formula is C18H15FN2O2. The normalized spacial score (nSPS) is 10.9. The molecule has 0 atom stereocenters. The number of benzene rings is 2. The first-order valence-electron chi connectivity index (χ1n) is 7.45. The summed E-state index contributed by atoms with van der Waals surface area (Å²) in [6.45, 7) is 3.63. The molecule has 3 rings (SSSR count). The second-order valence-electron chi connectivity index (χ2n) is 5.15. The fraction of sp³-hybridized carbons (Fsp3) is 0.222. The number of halogens is 1. The van der Waals surface area contributed by atoms with Crippen LogP contribution in [0, 0.1) is 17.1 Å². The van der Waals surface area contributed by atoms with Crippen LogP contribution in [0.1, 0.15) is 35.3 Å². The number of carbonyl (C=O) groups excluding carboxylic acids is 1. The molecule has 0 bridgehead atoms. The summed E-state index contributed by atoms with van der Waals surface area (Å²) in [5.41, 5.74) is 1.38. The number of H-pyrrole nitrogens is 1. The molecule has 0 fully saturated rings. The van der Waals surface area contributed by atoms with Crippen LogP contribution < -0.4 is 0 Å². The molecule has 0 aliphatic rings. The van der Waals surface area contributed by atoms with Gasteiger partial charge in [0.2, 0.25) is 0 Å². The van der Waals surface area contributed by atoms with Crippen LogP contribution in [0.25, 0.3) is 21.8 Å². The third-order valence-electron chi connectivity index (χ3n) is 3.94. The van der Waals surface area contributed by atoms with E-state index >= 15 is 0 Å². The van der Waals surface area contributed by atoms with Crippen LogP contribution in [0.2, 0.25) is 0 Å². The summed E-state index contributed by atoms with van der Waals surface area (Å²) in [5.74, 6) is -1.09. The van der Waals surface area contributed by atoms with Crippen molar-refractivity contribution in [2.75, 3.05) is 6.61 Å². The standard InChI is InChI=1S/C18H15FN2O2/c1-3-10-12(9-20)15(18(22)23-4-2)14-11-7-5-6-8-13(11)21-17(14)16(10)19/h5-8,21H,3-4H2,1-2H3. The minimum absolute atomic E-state index is 0.0562. The third-order valence-corrected chi connectivity index (χ3v) is 3.94. The van der Waals surface area contributed by atoms with Crippen molar-refractivity contribution in [3.63, 3.8) is 0 Å². The Hall–Kier alpha value is -2.87. The molecule has 116 valence electrons. The number of nitrogens with one attached hydrogen (secondary N) is 1. The number of rotatable bonds is 3. The van der Waals surface area contributed by atoms with E-state index < -0.39 is 11.8 Å². The van der Waals surface area contributed by atoms with Crippen molar-refractivity contribution < 1.29 is 13.9 Å². The molecule has 4 nitrogen and oxygen atoms in total. The largest absolute Gasteiger partial charge is 0.462 e. The third kappa shape index (κ3) is 2.15. The lowest BCUT2D eigenvalue weighted by Gasteiger charge is -2.11. The van der Waals surface area contributed by atoms with Crippen molar-refractivity contribution >= 4 is 27.8 Å². The van der Waals surface area contributed by atoms with Crippen LogP contribution >= 0.6 is 0 Å². The molecule has 3 aromatic rings. The number of fused-ring (bicyclic) bond motifs is 3. The Kier molecular flexibility index (Phi) is 3.75.